The van der Waals surface area contributed by atoms with Crippen molar-refractivity contribution < 1.29 is 4.74 Å². The number of anilines is 1. The summed E-state index contributed by atoms with van der Waals surface area (Å²) in [6.07, 6.45) is 1.89. The van der Waals surface area contributed by atoms with Crippen molar-refractivity contribution in [1.29, 1.82) is 0 Å². The van der Waals surface area contributed by atoms with Gasteiger partial charge >= 0.3 is 0 Å². The van der Waals surface area contributed by atoms with Gasteiger partial charge in [0, 0.05) is 24.4 Å². The Balaban J connectivity index is 2.08. The summed E-state index contributed by atoms with van der Waals surface area (Å²) in [5.74, 6) is 2.26. The largest absolute Gasteiger partial charge is 0.472 e. The van der Waals surface area contributed by atoms with E-state index in [1.807, 2.05) is 24.6 Å². The van der Waals surface area contributed by atoms with Crippen LogP contribution in [0.15, 0.2) is 23.6 Å². The van der Waals surface area contributed by atoms with Crippen LogP contribution in [0.1, 0.15) is 24.0 Å². The lowest BCUT2D eigenvalue weighted by atomic mass is 10.3. The van der Waals surface area contributed by atoms with Crippen molar-refractivity contribution in [2.24, 2.45) is 0 Å². The number of nitrogens with one attached hydrogen (secondary N) is 1. The van der Waals surface area contributed by atoms with Crippen LogP contribution in [0, 0.1) is 0 Å². The fourth-order valence-electron chi connectivity index (χ4n) is 1.55. The fraction of sp³-hybridized carbons (Fsp3) is 0.385. The van der Waals surface area contributed by atoms with Crippen LogP contribution in [0.2, 0.25) is 0 Å². The minimum Gasteiger partial charge on any atom is -0.472 e. The highest BCUT2D eigenvalue weighted by Gasteiger charge is 2.05. The molecule has 0 saturated carbocycles. The molecule has 0 saturated heterocycles. The Labute approximate surface area is 111 Å². The van der Waals surface area contributed by atoms with Crippen LogP contribution in [0.4, 0.5) is 5.82 Å². The average Bonchev–Trinajstić information content (AvgIpc) is 2.89. The first-order valence-corrected chi connectivity index (χ1v) is 6.90. The second-order valence-corrected chi connectivity index (χ2v) is 4.91. The maximum atomic E-state index is 5.70. The van der Waals surface area contributed by atoms with E-state index in [2.05, 4.69) is 28.3 Å². The third kappa shape index (κ3) is 3.43. The van der Waals surface area contributed by atoms with Crippen molar-refractivity contribution in [3.63, 3.8) is 0 Å². The molecule has 18 heavy (non-hydrogen) atoms. The maximum Gasteiger partial charge on any atom is 0.219 e. The number of ether oxygens (including phenoxy) is 1. The zero-order chi connectivity index (χ0) is 12.8. The minimum atomic E-state index is 0.559. The van der Waals surface area contributed by atoms with Gasteiger partial charge in [0.25, 0.3) is 0 Å². The molecule has 96 valence electrons. The lowest BCUT2D eigenvalue weighted by Crippen LogP contribution is -2.03. The summed E-state index contributed by atoms with van der Waals surface area (Å²) in [6, 6.07) is 5.90. The molecular formula is C13H17N3OS. The molecule has 0 fully saturated rings. The van der Waals surface area contributed by atoms with Gasteiger partial charge in [0.15, 0.2) is 0 Å². The third-order valence-corrected chi connectivity index (χ3v) is 3.27. The van der Waals surface area contributed by atoms with Crippen molar-refractivity contribution in [2.45, 2.75) is 26.4 Å². The zero-order valence-electron chi connectivity index (χ0n) is 10.6. The van der Waals surface area contributed by atoms with Gasteiger partial charge in [-0.15, -0.1) is 11.3 Å². The van der Waals surface area contributed by atoms with Crippen LogP contribution >= 0.6 is 11.3 Å². The van der Waals surface area contributed by atoms with Gasteiger partial charge in [0.2, 0.25) is 5.88 Å². The molecule has 2 aromatic heterocycles. The number of thiophene rings is 1. The molecule has 0 atom stereocenters. The van der Waals surface area contributed by atoms with Crippen molar-refractivity contribution in [3.05, 3.63) is 34.3 Å². The van der Waals surface area contributed by atoms with Crippen LogP contribution in [-0.2, 0) is 13.0 Å². The number of aryl methyl sites for hydroxylation is 1. The predicted octanol–water partition coefficient (Wildman–Crippen LogP) is 3.11. The fourth-order valence-corrected chi connectivity index (χ4v) is 2.17. The predicted molar refractivity (Wildman–Crippen MR) is 74.2 cm³/mol. The molecule has 0 bridgehead atoms. The van der Waals surface area contributed by atoms with Gasteiger partial charge in [-0.2, -0.15) is 4.98 Å². The Morgan fingerprint density at radius 1 is 1.39 bits per heavy atom. The molecular weight excluding hydrogens is 246 g/mol. The lowest BCUT2D eigenvalue weighted by molar-refractivity contribution is 0.295. The summed E-state index contributed by atoms with van der Waals surface area (Å²) >= 11 is 1.68. The Morgan fingerprint density at radius 2 is 2.28 bits per heavy atom. The van der Waals surface area contributed by atoms with E-state index in [1.54, 1.807) is 11.3 Å². The van der Waals surface area contributed by atoms with Crippen molar-refractivity contribution >= 4 is 17.2 Å². The highest BCUT2D eigenvalue weighted by molar-refractivity contribution is 7.09. The van der Waals surface area contributed by atoms with Gasteiger partial charge in [-0.05, 0) is 17.9 Å². The first-order chi connectivity index (χ1) is 8.81. The molecule has 0 amide bonds. The Hall–Kier alpha value is -1.62. The highest BCUT2D eigenvalue weighted by Crippen LogP contribution is 2.17. The topological polar surface area (TPSA) is 47.0 Å². The quantitative estimate of drug-likeness (QED) is 0.870. The smallest absolute Gasteiger partial charge is 0.219 e. The molecule has 1 N–H and O–H groups in total. The Morgan fingerprint density at radius 3 is 2.94 bits per heavy atom. The lowest BCUT2D eigenvalue weighted by Gasteiger charge is -2.08. The second-order valence-electron chi connectivity index (χ2n) is 3.88. The molecule has 2 rings (SSSR count). The first kappa shape index (κ1) is 12.8. The van der Waals surface area contributed by atoms with E-state index in [4.69, 9.17) is 4.74 Å². The summed E-state index contributed by atoms with van der Waals surface area (Å²) in [6.45, 7) is 2.67. The van der Waals surface area contributed by atoms with E-state index in [-0.39, 0.29) is 0 Å². The normalized spacial score (nSPS) is 10.3. The number of rotatable bonds is 6. The summed E-state index contributed by atoms with van der Waals surface area (Å²) in [4.78, 5) is 9.98. The molecule has 0 unspecified atom stereocenters. The minimum absolute atomic E-state index is 0.559. The molecule has 0 spiro atoms. The van der Waals surface area contributed by atoms with Gasteiger partial charge in [-0.25, -0.2) is 4.98 Å². The van der Waals surface area contributed by atoms with Gasteiger partial charge in [-0.1, -0.05) is 13.0 Å². The molecule has 0 radical (unpaired) electrons. The van der Waals surface area contributed by atoms with Gasteiger partial charge in [0.1, 0.15) is 18.2 Å². The van der Waals surface area contributed by atoms with Crippen molar-refractivity contribution in [2.75, 3.05) is 12.4 Å². The van der Waals surface area contributed by atoms with Crippen LogP contribution in [0.3, 0.4) is 0 Å². The van der Waals surface area contributed by atoms with Crippen LogP contribution in [0.5, 0.6) is 5.88 Å². The maximum absolute atomic E-state index is 5.70. The van der Waals surface area contributed by atoms with E-state index < -0.39 is 0 Å². The van der Waals surface area contributed by atoms with Crippen LogP contribution < -0.4 is 10.1 Å². The Kier molecular flexibility index (Phi) is 4.52. The molecule has 0 aromatic carbocycles. The monoisotopic (exact) mass is 263 g/mol. The van der Waals surface area contributed by atoms with Gasteiger partial charge in [-0.3, -0.25) is 0 Å². The third-order valence-electron chi connectivity index (χ3n) is 2.42. The number of nitrogens with zero attached hydrogens (tertiary/aromatic N) is 2. The first-order valence-electron chi connectivity index (χ1n) is 6.02. The standard InChI is InChI=1S/C13H17N3OS/c1-3-5-11-15-12(14-2)8-13(16-11)17-9-10-6-4-7-18-10/h4,6-8H,3,5,9H2,1-2H3,(H,14,15,16). The number of aromatic nitrogens is 2. The van der Waals surface area contributed by atoms with E-state index in [0.717, 1.165) is 24.5 Å². The number of hydrogen-bond acceptors (Lipinski definition) is 5. The van der Waals surface area contributed by atoms with E-state index >= 15 is 0 Å². The summed E-state index contributed by atoms with van der Waals surface area (Å²) < 4.78 is 5.70. The van der Waals surface area contributed by atoms with Crippen LogP contribution in [-0.4, -0.2) is 17.0 Å². The SMILES string of the molecule is CCCc1nc(NC)cc(OCc2cccs2)n1. The zero-order valence-corrected chi connectivity index (χ0v) is 11.5. The summed E-state index contributed by atoms with van der Waals surface area (Å²) in [5, 5.41) is 5.07. The molecule has 0 aliphatic rings. The molecule has 4 nitrogen and oxygen atoms in total. The molecule has 2 aromatic rings. The number of hydrogen-bond donors (Lipinski definition) is 1. The summed E-state index contributed by atoms with van der Waals surface area (Å²) in [7, 11) is 1.85. The molecule has 5 heteroatoms. The van der Waals surface area contributed by atoms with E-state index in [9.17, 15) is 0 Å². The van der Waals surface area contributed by atoms with Gasteiger partial charge in [0.05, 0.1) is 0 Å². The van der Waals surface area contributed by atoms with E-state index in [1.165, 1.54) is 4.88 Å². The van der Waals surface area contributed by atoms with Crippen molar-refractivity contribution in [3.8, 4) is 5.88 Å². The highest BCUT2D eigenvalue weighted by atomic mass is 32.1. The average molecular weight is 263 g/mol. The van der Waals surface area contributed by atoms with Crippen molar-refractivity contribution in [1.82, 2.24) is 9.97 Å². The van der Waals surface area contributed by atoms with E-state index in [0.29, 0.717) is 12.5 Å². The molecule has 2 heterocycles. The Bertz CT molecular complexity index is 485. The second kappa shape index (κ2) is 6.35. The molecule has 0 aliphatic carbocycles. The summed E-state index contributed by atoms with van der Waals surface area (Å²) in [5.41, 5.74) is 0. The van der Waals surface area contributed by atoms with Gasteiger partial charge < -0.3 is 10.1 Å². The van der Waals surface area contributed by atoms with Crippen LogP contribution in [0.25, 0.3) is 0 Å². The molecule has 0 aliphatic heterocycles.